The van der Waals surface area contributed by atoms with Crippen LogP contribution in [0.2, 0.25) is 0 Å². The molecule has 1 saturated carbocycles. The van der Waals surface area contributed by atoms with E-state index < -0.39 is 0 Å². The van der Waals surface area contributed by atoms with Gasteiger partial charge in [0, 0.05) is 6.54 Å². The lowest BCUT2D eigenvalue weighted by molar-refractivity contribution is 0.404. The molecule has 1 heteroatoms. The van der Waals surface area contributed by atoms with Crippen LogP contribution in [0.5, 0.6) is 0 Å². The molecule has 0 amide bonds. The van der Waals surface area contributed by atoms with E-state index in [9.17, 15) is 0 Å². The molecule has 2 aromatic carbocycles. The fourth-order valence-corrected chi connectivity index (χ4v) is 3.26. The lowest BCUT2D eigenvalue weighted by atomic mass is 9.96. The van der Waals surface area contributed by atoms with Crippen molar-refractivity contribution >= 4 is 0 Å². The molecule has 0 spiro atoms. The zero-order valence-electron chi connectivity index (χ0n) is 12.9. The normalized spacial score (nSPS) is 16.1. The lowest BCUT2D eigenvalue weighted by Gasteiger charge is -2.23. The van der Waals surface area contributed by atoms with Crippen LogP contribution >= 0.6 is 0 Å². The van der Waals surface area contributed by atoms with Crippen molar-refractivity contribution in [3.63, 3.8) is 0 Å². The Bertz CT molecular complexity index is 503. The van der Waals surface area contributed by atoms with Gasteiger partial charge >= 0.3 is 0 Å². The van der Waals surface area contributed by atoms with Crippen molar-refractivity contribution in [2.45, 2.75) is 38.6 Å². The summed E-state index contributed by atoms with van der Waals surface area (Å²) in [5.41, 5.74) is 3.29. The molecule has 0 unspecified atom stereocenters. The first-order valence-electron chi connectivity index (χ1n) is 8.16. The Balaban J connectivity index is 1.77. The minimum absolute atomic E-state index is 0.307. The van der Waals surface area contributed by atoms with Crippen molar-refractivity contribution in [1.82, 2.24) is 5.32 Å². The molecule has 1 nitrogen and oxygen atoms in total. The Hall–Kier alpha value is -1.60. The number of hydrogen-bond acceptors (Lipinski definition) is 1. The summed E-state index contributed by atoms with van der Waals surface area (Å²) in [6.45, 7) is 3.43. The van der Waals surface area contributed by atoms with E-state index in [-0.39, 0.29) is 0 Å². The third kappa shape index (κ3) is 3.54. The maximum absolute atomic E-state index is 3.84. The second kappa shape index (κ2) is 6.44. The standard InChI is InChI=1S/C20H25N/c1-2-13-20(14-15-20)16-21-19(17-9-5-3-6-10-17)18-11-7-4-8-12-18/h3-12,19,21H,2,13-16H2,1H3. The van der Waals surface area contributed by atoms with E-state index in [0.717, 1.165) is 6.54 Å². The summed E-state index contributed by atoms with van der Waals surface area (Å²) < 4.78 is 0. The highest BCUT2D eigenvalue weighted by Gasteiger charge is 2.41. The molecule has 0 bridgehead atoms. The fraction of sp³-hybridized carbons (Fsp3) is 0.400. The molecule has 1 fully saturated rings. The number of nitrogens with one attached hydrogen (secondary N) is 1. The third-order valence-electron chi connectivity index (χ3n) is 4.68. The first-order chi connectivity index (χ1) is 10.3. The molecule has 2 aromatic rings. The molecule has 1 N–H and O–H groups in total. The molecule has 1 aliphatic rings. The summed E-state index contributed by atoms with van der Waals surface area (Å²) in [6, 6.07) is 21.9. The average molecular weight is 279 g/mol. The highest BCUT2D eigenvalue weighted by Crippen LogP contribution is 2.49. The van der Waals surface area contributed by atoms with Crippen molar-refractivity contribution < 1.29 is 0 Å². The predicted octanol–water partition coefficient (Wildman–Crippen LogP) is 4.95. The van der Waals surface area contributed by atoms with Gasteiger partial charge in [-0.2, -0.15) is 0 Å². The van der Waals surface area contributed by atoms with Crippen LogP contribution in [0.1, 0.15) is 49.8 Å². The van der Waals surface area contributed by atoms with E-state index in [4.69, 9.17) is 0 Å². The van der Waals surface area contributed by atoms with Gasteiger partial charge in [0.05, 0.1) is 6.04 Å². The monoisotopic (exact) mass is 279 g/mol. The van der Waals surface area contributed by atoms with Gasteiger partial charge in [0.1, 0.15) is 0 Å². The molecule has 1 aliphatic carbocycles. The van der Waals surface area contributed by atoms with Crippen LogP contribution < -0.4 is 5.32 Å². The van der Waals surface area contributed by atoms with Crippen LogP contribution in [0.15, 0.2) is 60.7 Å². The average Bonchev–Trinajstić information content (AvgIpc) is 3.30. The van der Waals surface area contributed by atoms with Crippen LogP contribution in [0.4, 0.5) is 0 Å². The third-order valence-corrected chi connectivity index (χ3v) is 4.68. The quantitative estimate of drug-likeness (QED) is 0.756. The van der Waals surface area contributed by atoms with Crippen LogP contribution in [0.3, 0.4) is 0 Å². The Morgan fingerprint density at radius 2 is 1.43 bits per heavy atom. The van der Waals surface area contributed by atoms with Crippen molar-refractivity contribution in [1.29, 1.82) is 0 Å². The van der Waals surface area contributed by atoms with Crippen LogP contribution in [0, 0.1) is 5.41 Å². The van der Waals surface area contributed by atoms with Crippen LogP contribution in [-0.4, -0.2) is 6.54 Å². The van der Waals surface area contributed by atoms with E-state index in [2.05, 4.69) is 72.9 Å². The number of rotatable bonds is 7. The van der Waals surface area contributed by atoms with Crippen molar-refractivity contribution in [2.75, 3.05) is 6.54 Å². The van der Waals surface area contributed by atoms with Gasteiger partial charge in [-0.05, 0) is 35.8 Å². The maximum atomic E-state index is 3.84. The molecule has 21 heavy (non-hydrogen) atoms. The predicted molar refractivity (Wildman–Crippen MR) is 89.3 cm³/mol. The van der Waals surface area contributed by atoms with E-state index in [0.29, 0.717) is 11.5 Å². The SMILES string of the molecule is CCCC1(CNC(c2ccccc2)c2ccccc2)CC1. The first kappa shape index (κ1) is 14.3. The molecular formula is C20H25N. The van der Waals surface area contributed by atoms with Gasteiger partial charge in [0.2, 0.25) is 0 Å². The van der Waals surface area contributed by atoms with Crippen molar-refractivity contribution in [2.24, 2.45) is 5.41 Å². The Morgan fingerprint density at radius 3 is 1.86 bits per heavy atom. The first-order valence-corrected chi connectivity index (χ1v) is 8.16. The summed E-state index contributed by atoms with van der Waals surface area (Å²) >= 11 is 0. The van der Waals surface area contributed by atoms with E-state index in [1.807, 2.05) is 0 Å². The Morgan fingerprint density at radius 1 is 0.905 bits per heavy atom. The molecule has 3 rings (SSSR count). The van der Waals surface area contributed by atoms with Gasteiger partial charge in [-0.15, -0.1) is 0 Å². The smallest absolute Gasteiger partial charge is 0.0576 e. The molecule has 110 valence electrons. The largest absolute Gasteiger partial charge is 0.306 e. The minimum Gasteiger partial charge on any atom is -0.306 e. The summed E-state index contributed by atoms with van der Waals surface area (Å²) in [6.07, 6.45) is 5.44. The van der Waals surface area contributed by atoms with Gasteiger partial charge in [0.25, 0.3) is 0 Å². The van der Waals surface area contributed by atoms with E-state index in [1.165, 1.54) is 36.8 Å². The van der Waals surface area contributed by atoms with E-state index in [1.54, 1.807) is 0 Å². The molecule has 0 saturated heterocycles. The summed E-state index contributed by atoms with van der Waals surface area (Å²) in [5.74, 6) is 0. The topological polar surface area (TPSA) is 12.0 Å². The molecule has 0 heterocycles. The van der Waals surface area contributed by atoms with Gasteiger partial charge in [-0.3, -0.25) is 0 Å². The van der Waals surface area contributed by atoms with E-state index >= 15 is 0 Å². The van der Waals surface area contributed by atoms with Crippen LogP contribution in [-0.2, 0) is 0 Å². The highest BCUT2D eigenvalue weighted by atomic mass is 14.9. The molecule has 0 radical (unpaired) electrons. The lowest BCUT2D eigenvalue weighted by Crippen LogP contribution is -2.29. The second-order valence-corrected chi connectivity index (χ2v) is 6.39. The molecular weight excluding hydrogens is 254 g/mol. The van der Waals surface area contributed by atoms with Gasteiger partial charge in [-0.25, -0.2) is 0 Å². The summed E-state index contributed by atoms with van der Waals surface area (Å²) in [7, 11) is 0. The number of hydrogen-bond donors (Lipinski definition) is 1. The second-order valence-electron chi connectivity index (χ2n) is 6.39. The summed E-state index contributed by atoms with van der Waals surface area (Å²) in [5, 5.41) is 3.84. The Kier molecular flexibility index (Phi) is 4.40. The van der Waals surface area contributed by atoms with Gasteiger partial charge < -0.3 is 5.32 Å². The van der Waals surface area contributed by atoms with Crippen LogP contribution in [0.25, 0.3) is 0 Å². The number of benzene rings is 2. The zero-order valence-corrected chi connectivity index (χ0v) is 12.9. The zero-order chi connectivity index (χ0) is 14.5. The highest BCUT2D eigenvalue weighted by molar-refractivity contribution is 5.31. The van der Waals surface area contributed by atoms with Gasteiger partial charge in [0.15, 0.2) is 0 Å². The van der Waals surface area contributed by atoms with Crippen molar-refractivity contribution in [3.05, 3.63) is 71.8 Å². The molecule has 0 aromatic heterocycles. The molecule has 0 aliphatic heterocycles. The maximum Gasteiger partial charge on any atom is 0.0576 e. The minimum atomic E-state index is 0.307. The van der Waals surface area contributed by atoms with Crippen molar-refractivity contribution in [3.8, 4) is 0 Å². The summed E-state index contributed by atoms with van der Waals surface area (Å²) in [4.78, 5) is 0. The fourth-order valence-electron chi connectivity index (χ4n) is 3.26. The van der Waals surface area contributed by atoms with Gasteiger partial charge in [-0.1, -0.05) is 74.0 Å². The Labute approximate surface area is 128 Å². The molecule has 0 atom stereocenters.